The van der Waals surface area contributed by atoms with Crippen LogP contribution in [0.2, 0.25) is 0 Å². The number of amides is 1. The van der Waals surface area contributed by atoms with E-state index in [4.69, 9.17) is 4.74 Å². The van der Waals surface area contributed by atoms with Crippen molar-refractivity contribution in [2.24, 2.45) is 0 Å². The number of rotatable bonds is 4. The number of aliphatic hydroxyl groups is 1. The number of esters is 1. The van der Waals surface area contributed by atoms with Crippen LogP contribution in [0.15, 0.2) is 0 Å². The highest BCUT2D eigenvalue weighted by Gasteiger charge is 2.34. The Morgan fingerprint density at radius 2 is 2.00 bits per heavy atom. The average Bonchev–Trinajstić information content (AvgIpc) is 2.01. The smallest absolute Gasteiger partial charge is 0.303 e. The summed E-state index contributed by atoms with van der Waals surface area (Å²) in [4.78, 5) is 21.5. The number of ether oxygens (including phenoxy) is 1. The lowest BCUT2D eigenvalue weighted by molar-refractivity contribution is -0.168. The van der Waals surface area contributed by atoms with Crippen molar-refractivity contribution in [3.63, 3.8) is 0 Å². The van der Waals surface area contributed by atoms with Gasteiger partial charge in [-0.25, -0.2) is 0 Å². The molecule has 0 saturated heterocycles. The molecule has 0 aliphatic carbocycles. The lowest BCUT2D eigenvalue weighted by atomic mass is 10.1. The number of carbonyl (C=O) groups excluding carboxylic acids is 2. The number of hydrogen-bond acceptors (Lipinski definition) is 4. The Kier molecular flexibility index (Phi) is 4.56. The molecule has 2 N–H and O–H groups in total. The molecule has 0 radical (unpaired) electrons. The molecule has 1 amide bonds. The van der Waals surface area contributed by atoms with Gasteiger partial charge in [-0.2, -0.15) is 0 Å². The van der Waals surface area contributed by atoms with Gasteiger partial charge in [-0.05, 0) is 13.3 Å². The molecule has 0 rings (SSSR count). The van der Waals surface area contributed by atoms with Crippen molar-refractivity contribution in [2.75, 3.05) is 0 Å². The summed E-state index contributed by atoms with van der Waals surface area (Å²) < 4.78 is 4.80. The summed E-state index contributed by atoms with van der Waals surface area (Å²) >= 11 is 0. The van der Waals surface area contributed by atoms with Crippen LogP contribution in [0, 0.1) is 0 Å². The fraction of sp³-hybridized carbons (Fsp3) is 0.778. The lowest BCUT2D eigenvalue weighted by Crippen LogP contribution is -2.56. The van der Waals surface area contributed by atoms with E-state index in [9.17, 15) is 14.7 Å². The zero-order valence-corrected chi connectivity index (χ0v) is 8.96. The molecular formula is C9H17NO4. The maximum atomic E-state index is 10.8. The van der Waals surface area contributed by atoms with Gasteiger partial charge in [0.25, 0.3) is 0 Å². The molecular weight excluding hydrogens is 186 g/mol. The van der Waals surface area contributed by atoms with Gasteiger partial charge in [-0.15, -0.1) is 0 Å². The molecule has 0 heterocycles. The molecule has 82 valence electrons. The van der Waals surface area contributed by atoms with Crippen molar-refractivity contribution in [3.05, 3.63) is 0 Å². The summed E-state index contributed by atoms with van der Waals surface area (Å²) in [6.07, 6.45) is -0.505. The number of hydrogen-bond donors (Lipinski definition) is 2. The van der Waals surface area contributed by atoms with Gasteiger partial charge >= 0.3 is 5.97 Å². The third-order valence-corrected chi connectivity index (χ3v) is 1.95. The number of nitrogens with one attached hydrogen (secondary N) is 1. The van der Waals surface area contributed by atoms with Gasteiger partial charge in [0.2, 0.25) is 5.91 Å². The molecule has 2 atom stereocenters. The van der Waals surface area contributed by atoms with Crippen LogP contribution in [0.25, 0.3) is 0 Å². The molecule has 0 aliphatic rings. The van der Waals surface area contributed by atoms with Gasteiger partial charge in [0.1, 0.15) is 6.10 Å². The van der Waals surface area contributed by atoms with E-state index in [1.807, 2.05) is 0 Å². The molecule has 5 nitrogen and oxygen atoms in total. The van der Waals surface area contributed by atoms with Gasteiger partial charge in [-0.3, -0.25) is 9.59 Å². The Morgan fingerprint density at radius 1 is 1.50 bits per heavy atom. The molecule has 0 aliphatic heterocycles. The molecule has 0 aromatic rings. The van der Waals surface area contributed by atoms with Crippen molar-refractivity contribution >= 4 is 11.9 Å². The second kappa shape index (κ2) is 4.95. The second-order valence-corrected chi connectivity index (χ2v) is 3.21. The molecule has 14 heavy (non-hydrogen) atoms. The Hall–Kier alpha value is -1.10. The Balaban J connectivity index is 4.49. The first-order valence-corrected chi connectivity index (χ1v) is 4.50. The summed E-state index contributed by atoms with van der Waals surface area (Å²) in [6.45, 7) is 5.76. The van der Waals surface area contributed by atoms with Crippen LogP contribution in [0.1, 0.15) is 34.1 Å². The average molecular weight is 203 g/mol. The summed E-state index contributed by atoms with van der Waals surface area (Å²) in [5.41, 5.74) is -1.49. The third-order valence-electron chi connectivity index (χ3n) is 1.95. The van der Waals surface area contributed by atoms with Crippen molar-refractivity contribution in [3.8, 4) is 0 Å². The van der Waals surface area contributed by atoms with E-state index in [0.29, 0.717) is 0 Å². The molecule has 0 saturated carbocycles. The summed E-state index contributed by atoms with van der Waals surface area (Å²) in [5.74, 6) is -0.858. The molecule has 0 aromatic carbocycles. The van der Waals surface area contributed by atoms with E-state index < -0.39 is 17.8 Å². The highest BCUT2D eigenvalue weighted by atomic mass is 16.6. The minimum Gasteiger partial charge on any atom is -0.458 e. The van der Waals surface area contributed by atoms with Crippen molar-refractivity contribution in [2.45, 2.75) is 45.9 Å². The fourth-order valence-electron chi connectivity index (χ4n) is 1.13. The predicted molar refractivity (Wildman–Crippen MR) is 50.3 cm³/mol. The van der Waals surface area contributed by atoms with Crippen LogP contribution in [0.4, 0.5) is 0 Å². The first-order valence-electron chi connectivity index (χ1n) is 4.50. The van der Waals surface area contributed by atoms with E-state index >= 15 is 0 Å². The molecule has 0 bridgehead atoms. The van der Waals surface area contributed by atoms with Crippen LogP contribution in [-0.4, -0.2) is 28.8 Å². The summed E-state index contributed by atoms with van der Waals surface area (Å²) in [7, 11) is 0. The lowest BCUT2D eigenvalue weighted by Gasteiger charge is -2.32. The van der Waals surface area contributed by atoms with Gasteiger partial charge in [0.15, 0.2) is 5.72 Å². The van der Waals surface area contributed by atoms with Gasteiger partial charge in [0.05, 0.1) is 0 Å². The standard InChI is InChI=1S/C9H17NO4/c1-5-9(13,10-7(3)11)6(2)14-8(4)12/h6,13H,5H2,1-4H3,(H,10,11). The Labute approximate surface area is 83.4 Å². The maximum absolute atomic E-state index is 10.8. The summed E-state index contributed by atoms with van der Waals surface area (Å²) in [6, 6.07) is 0. The zero-order chi connectivity index (χ0) is 11.4. The third kappa shape index (κ3) is 3.74. The molecule has 5 heteroatoms. The van der Waals surface area contributed by atoms with Crippen LogP contribution in [-0.2, 0) is 14.3 Å². The SMILES string of the molecule is CCC(O)(NC(C)=O)C(C)OC(C)=O. The van der Waals surface area contributed by atoms with Gasteiger partial charge < -0.3 is 15.2 Å². The van der Waals surface area contributed by atoms with Crippen molar-refractivity contribution in [1.82, 2.24) is 5.32 Å². The first kappa shape index (κ1) is 12.9. The largest absolute Gasteiger partial charge is 0.458 e. The Morgan fingerprint density at radius 3 is 2.29 bits per heavy atom. The van der Waals surface area contributed by atoms with E-state index in [-0.39, 0.29) is 12.3 Å². The first-order chi connectivity index (χ1) is 6.31. The maximum Gasteiger partial charge on any atom is 0.303 e. The van der Waals surface area contributed by atoms with E-state index in [1.54, 1.807) is 6.92 Å². The second-order valence-electron chi connectivity index (χ2n) is 3.21. The fourth-order valence-corrected chi connectivity index (χ4v) is 1.13. The minimum absolute atomic E-state index is 0.265. The minimum atomic E-state index is -1.49. The molecule has 0 fully saturated rings. The molecule has 0 aromatic heterocycles. The highest BCUT2D eigenvalue weighted by Crippen LogP contribution is 2.14. The normalized spacial score (nSPS) is 16.6. The highest BCUT2D eigenvalue weighted by molar-refractivity contribution is 5.73. The topological polar surface area (TPSA) is 75.6 Å². The van der Waals surface area contributed by atoms with Crippen LogP contribution in [0.3, 0.4) is 0 Å². The van der Waals surface area contributed by atoms with E-state index in [2.05, 4.69) is 5.32 Å². The monoisotopic (exact) mass is 203 g/mol. The van der Waals surface area contributed by atoms with Crippen molar-refractivity contribution < 1.29 is 19.4 Å². The van der Waals surface area contributed by atoms with Crippen molar-refractivity contribution in [1.29, 1.82) is 0 Å². The quantitative estimate of drug-likeness (QED) is 0.504. The van der Waals surface area contributed by atoms with E-state index in [0.717, 1.165) is 0 Å². The van der Waals surface area contributed by atoms with Gasteiger partial charge in [0, 0.05) is 13.8 Å². The predicted octanol–water partition coefficient (Wildman–Crippen LogP) is 0.173. The van der Waals surface area contributed by atoms with Crippen LogP contribution in [0.5, 0.6) is 0 Å². The zero-order valence-electron chi connectivity index (χ0n) is 8.96. The molecule has 2 unspecified atom stereocenters. The Bertz CT molecular complexity index is 229. The van der Waals surface area contributed by atoms with Crippen LogP contribution < -0.4 is 5.32 Å². The van der Waals surface area contributed by atoms with Gasteiger partial charge in [-0.1, -0.05) is 6.92 Å². The van der Waals surface area contributed by atoms with Crippen LogP contribution >= 0.6 is 0 Å². The number of carbonyl (C=O) groups is 2. The summed E-state index contributed by atoms with van der Waals surface area (Å²) in [5, 5.41) is 12.2. The molecule has 0 spiro atoms. The van der Waals surface area contributed by atoms with E-state index in [1.165, 1.54) is 20.8 Å².